The topological polar surface area (TPSA) is 88.5 Å². The van der Waals surface area contributed by atoms with Crippen molar-refractivity contribution >= 4 is 61.9 Å². The van der Waals surface area contributed by atoms with E-state index in [1.807, 2.05) is 0 Å². The summed E-state index contributed by atoms with van der Waals surface area (Å²) in [5, 5.41) is 3.47. The molecule has 1 aromatic heterocycles. The van der Waals surface area contributed by atoms with Crippen LogP contribution in [0.3, 0.4) is 0 Å². The molecule has 11 heteroatoms. The van der Waals surface area contributed by atoms with Crippen molar-refractivity contribution in [1.29, 1.82) is 0 Å². The molecule has 0 spiro atoms. The molecule has 6 nitrogen and oxygen atoms in total. The van der Waals surface area contributed by atoms with Crippen LogP contribution in [0.4, 0.5) is 5.69 Å². The summed E-state index contributed by atoms with van der Waals surface area (Å²) < 4.78 is 38.6. The molecule has 3 aromatic rings. The molecule has 0 saturated heterocycles. The molecule has 0 unspecified atom stereocenters. The first kappa shape index (κ1) is 20.2. The minimum absolute atomic E-state index is 0.147. The van der Waals surface area contributed by atoms with Gasteiger partial charge in [-0.15, -0.1) is 11.3 Å². The van der Waals surface area contributed by atoms with Crippen molar-refractivity contribution in [3.8, 4) is 11.5 Å². The highest BCUT2D eigenvalue weighted by molar-refractivity contribution is 7.86. The molecule has 3 rings (SSSR count). The van der Waals surface area contributed by atoms with Crippen LogP contribution in [0.2, 0.25) is 14.5 Å². The summed E-state index contributed by atoms with van der Waals surface area (Å²) in [5.74, 6) is 0.580. The summed E-state index contributed by atoms with van der Waals surface area (Å²) >= 11 is 19.0. The summed E-state index contributed by atoms with van der Waals surface area (Å²) in [6.45, 7) is 0.364. The van der Waals surface area contributed by atoms with Crippen LogP contribution in [0.1, 0.15) is 4.88 Å². The number of benzene rings is 2. The maximum absolute atomic E-state index is 11.6. The molecule has 0 aliphatic carbocycles. The minimum Gasteiger partial charge on any atom is -0.455 e. The second-order valence-corrected chi connectivity index (χ2v) is 9.17. The van der Waals surface area contributed by atoms with E-state index >= 15 is 0 Å². The van der Waals surface area contributed by atoms with Gasteiger partial charge in [0.25, 0.3) is 10.1 Å². The first-order chi connectivity index (χ1) is 12.7. The first-order valence-electron chi connectivity index (χ1n) is 7.31. The minimum atomic E-state index is -4.52. The molecule has 27 heavy (non-hydrogen) atoms. The highest BCUT2D eigenvalue weighted by Gasteiger charge is 2.19. The summed E-state index contributed by atoms with van der Waals surface area (Å²) in [6, 6.07) is 9.01. The summed E-state index contributed by atoms with van der Waals surface area (Å²) in [5.41, 5.74) is 0.423. The average molecular weight is 466 g/mol. The van der Waals surface area contributed by atoms with Crippen molar-refractivity contribution in [1.82, 2.24) is 4.98 Å². The Kier molecular flexibility index (Phi) is 6.15. The van der Waals surface area contributed by atoms with E-state index in [0.29, 0.717) is 27.5 Å². The smallest absolute Gasteiger partial charge is 0.296 e. The SMILES string of the molecule is O=S(=O)(O)c1cc(Oc2ccc(Cl)cc2)c(NCc2cnc(Cl)s2)cc1Cl. The summed E-state index contributed by atoms with van der Waals surface area (Å²) in [6.07, 6.45) is 1.62. The van der Waals surface area contributed by atoms with Crippen molar-refractivity contribution in [2.45, 2.75) is 11.4 Å². The zero-order valence-corrected chi connectivity index (χ0v) is 17.2. The maximum Gasteiger partial charge on any atom is 0.296 e. The molecule has 0 aliphatic rings. The Hall–Kier alpha value is -1.55. The fourth-order valence-electron chi connectivity index (χ4n) is 2.13. The summed E-state index contributed by atoms with van der Waals surface area (Å²) in [4.78, 5) is 4.35. The van der Waals surface area contributed by atoms with Gasteiger partial charge in [-0.1, -0.05) is 34.8 Å². The van der Waals surface area contributed by atoms with Gasteiger partial charge in [0.15, 0.2) is 10.2 Å². The summed E-state index contributed by atoms with van der Waals surface area (Å²) in [7, 11) is -4.52. The van der Waals surface area contributed by atoms with Gasteiger partial charge in [-0.3, -0.25) is 4.55 Å². The van der Waals surface area contributed by atoms with E-state index in [4.69, 9.17) is 39.5 Å². The van der Waals surface area contributed by atoms with Crippen LogP contribution in [0.5, 0.6) is 11.5 Å². The Morgan fingerprint density at radius 3 is 2.44 bits per heavy atom. The van der Waals surface area contributed by atoms with E-state index in [1.165, 1.54) is 17.4 Å². The largest absolute Gasteiger partial charge is 0.455 e. The average Bonchev–Trinajstić information content (AvgIpc) is 3.01. The Bertz CT molecular complexity index is 1070. The second-order valence-electron chi connectivity index (χ2n) is 5.24. The third kappa shape index (κ3) is 5.25. The van der Waals surface area contributed by atoms with E-state index in [-0.39, 0.29) is 10.8 Å². The number of hydrogen-bond acceptors (Lipinski definition) is 6. The number of thiazole rings is 1. The fraction of sp³-hybridized carbons (Fsp3) is 0.0625. The van der Waals surface area contributed by atoms with Crippen LogP contribution in [0.15, 0.2) is 47.5 Å². The Morgan fingerprint density at radius 2 is 1.85 bits per heavy atom. The van der Waals surface area contributed by atoms with Crippen LogP contribution in [-0.4, -0.2) is 18.0 Å². The number of nitrogens with zero attached hydrogens (tertiary/aromatic N) is 1. The molecule has 2 N–H and O–H groups in total. The van der Waals surface area contributed by atoms with Gasteiger partial charge in [-0.2, -0.15) is 8.42 Å². The van der Waals surface area contributed by atoms with Crippen molar-refractivity contribution < 1.29 is 17.7 Å². The number of nitrogens with one attached hydrogen (secondary N) is 1. The molecule has 2 aromatic carbocycles. The van der Waals surface area contributed by atoms with Gasteiger partial charge in [0.1, 0.15) is 10.6 Å². The third-order valence-electron chi connectivity index (χ3n) is 3.33. The van der Waals surface area contributed by atoms with Crippen molar-refractivity contribution in [3.63, 3.8) is 0 Å². The standard InChI is InChI=1S/C16H11Cl3N2O4S2/c17-9-1-3-10(4-2-9)25-14-6-15(27(22,23)24)12(18)5-13(14)20-7-11-8-21-16(19)26-11/h1-6,8,20H,7H2,(H,22,23,24). The maximum atomic E-state index is 11.6. The Labute approximate surface area is 174 Å². The van der Waals surface area contributed by atoms with Crippen molar-refractivity contribution in [3.05, 3.63) is 62.0 Å². The van der Waals surface area contributed by atoms with Gasteiger partial charge in [-0.05, 0) is 30.3 Å². The van der Waals surface area contributed by atoms with Crippen molar-refractivity contribution in [2.24, 2.45) is 0 Å². The number of ether oxygens (including phenoxy) is 1. The zero-order valence-electron chi connectivity index (χ0n) is 13.3. The van der Waals surface area contributed by atoms with E-state index in [0.717, 1.165) is 10.9 Å². The van der Waals surface area contributed by atoms with Crippen LogP contribution in [0.25, 0.3) is 0 Å². The molecule has 1 heterocycles. The lowest BCUT2D eigenvalue weighted by molar-refractivity contribution is 0.473. The number of rotatable bonds is 6. The number of hydrogen-bond donors (Lipinski definition) is 2. The van der Waals surface area contributed by atoms with Crippen LogP contribution in [-0.2, 0) is 16.7 Å². The van der Waals surface area contributed by atoms with Gasteiger partial charge in [-0.25, -0.2) is 4.98 Å². The van der Waals surface area contributed by atoms with Gasteiger partial charge in [0.2, 0.25) is 0 Å². The highest BCUT2D eigenvalue weighted by Crippen LogP contribution is 2.37. The molecule has 0 saturated carbocycles. The molecule has 0 atom stereocenters. The van der Waals surface area contributed by atoms with E-state index in [2.05, 4.69) is 10.3 Å². The predicted octanol–water partition coefficient (Wildman–Crippen LogP) is 5.75. The highest BCUT2D eigenvalue weighted by atomic mass is 35.5. The predicted molar refractivity (Wildman–Crippen MR) is 107 cm³/mol. The van der Waals surface area contributed by atoms with E-state index in [9.17, 15) is 13.0 Å². The van der Waals surface area contributed by atoms with E-state index in [1.54, 1.807) is 30.5 Å². The van der Waals surface area contributed by atoms with E-state index < -0.39 is 15.0 Å². The number of anilines is 1. The molecule has 0 bridgehead atoms. The van der Waals surface area contributed by atoms with Gasteiger partial charge in [0.05, 0.1) is 17.3 Å². The number of aromatic nitrogens is 1. The lowest BCUT2D eigenvalue weighted by Gasteiger charge is -2.15. The fourth-order valence-corrected chi connectivity index (χ4v) is 4.19. The molecule has 0 amide bonds. The number of halogens is 3. The lowest BCUT2D eigenvalue weighted by atomic mass is 10.2. The lowest BCUT2D eigenvalue weighted by Crippen LogP contribution is -2.04. The third-order valence-corrected chi connectivity index (χ3v) is 6.02. The molecular weight excluding hydrogens is 455 g/mol. The van der Waals surface area contributed by atoms with Crippen LogP contribution >= 0.6 is 46.1 Å². The second kappa shape index (κ2) is 8.22. The van der Waals surface area contributed by atoms with Gasteiger partial charge >= 0.3 is 0 Å². The molecular formula is C16H11Cl3N2O4S2. The van der Waals surface area contributed by atoms with Gasteiger partial charge in [0, 0.05) is 22.2 Å². The van der Waals surface area contributed by atoms with Gasteiger partial charge < -0.3 is 10.1 Å². The van der Waals surface area contributed by atoms with Crippen molar-refractivity contribution in [2.75, 3.05) is 5.32 Å². The Balaban J connectivity index is 1.96. The molecule has 0 radical (unpaired) electrons. The monoisotopic (exact) mass is 464 g/mol. The van der Waals surface area contributed by atoms with Crippen LogP contribution < -0.4 is 10.1 Å². The van der Waals surface area contributed by atoms with Crippen LogP contribution in [0, 0.1) is 0 Å². The Morgan fingerprint density at radius 1 is 1.15 bits per heavy atom. The zero-order chi connectivity index (χ0) is 19.6. The molecule has 0 aliphatic heterocycles. The quantitative estimate of drug-likeness (QED) is 0.450. The normalized spacial score (nSPS) is 11.4. The molecule has 142 valence electrons. The first-order valence-corrected chi connectivity index (χ1v) is 10.7. The molecule has 0 fully saturated rings.